The minimum atomic E-state index is -3.51. The third-order valence-electron chi connectivity index (χ3n) is 3.62. The molecule has 1 aromatic carbocycles. The Kier molecular flexibility index (Phi) is 4.88. The van der Waals surface area contributed by atoms with E-state index in [0.717, 1.165) is 25.7 Å². The summed E-state index contributed by atoms with van der Waals surface area (Å²) in [5.41, 5.74) is 6.18. The average molecular weight is 298 g/mol. The largest absolute Gasteiger partial charge is 0.495 e. The third-order valence-corrected chi connectivity index (χ3v) is 5.56. The van der Waals surface area contributed by atoms with Crippen molar-refractivity contribution in [2.45, 2.75) is 37.0 Å². The van der Waals surface area contributed by atoms with Gasteiger partial charge >= 0.3 is 0 Å². The van der Waals surface area contributed by atoms with Gasteiger partial charge in [-0.05, 0) is 25.0 Å². The Labute approximate surface area is 120 Å². The minimum Gasteiger partial charge on any atom is -0.495 e. The fourth-order valence-corrected chi connectivity index (χ4v) is 4.15. The lowest BCUT2D eigenvalue weighted by molar-refractivity contribution is 0.358. The van der Waals surface area contributed by atoms with Gasteiger partial charge in [-0.3, -0.25) is 0 Å². The lowest BCUT2D eigenvalue weighted by Gasteiger charge is -2.25. The first-order valence-electron chi connectivity index (χ1n) is 6.99. The minimum absolute atomic E-state index is 0.203. The molecule has 1 fully saturated rings. The third kappa shape index (κ3) is 3.24. The molecule has 6 heteroatoms. The molecule has 1 saturated heterocycles. The first-order chi connectivity index (χ1) is 9.55. The molecule has 0 atom stereocenters. The summed E-state index contributed by atoms with van der Waals surface area (Å²) < 4.78 is 32.2. The summed E-state index contributed by atoms with van der Waals surface area (Å²) in [6.45, 7) is 1.16. The van der Waals surface area contributed by atoms with Gasteiger partial charge in [0.25, 0.3) is 0 Å². The molecule has 1 aromatic rings. The van der Waals surface area contributed by atoms with E-state index >= 15 is 0 Å². The van der Waals surface area contributed by atoms with E-state index in [1.165, 1.54) is 19.6 Å². The molecule has 0 saturated carbocycles. The molecule has 2 N–H and O–H groups in total. The second-order valence-electron chi connectivity index (χ2n) is 5.08. The van der Waals surface area contributed by atoms with E-state index in [1.54, 1.807) is 16.4 Å². The summed E-state index contributed by atoms with van der Waals surface area (Å²) in [7, 11) is -2.05. The van der Waals surface area contributed by atoms with Gasteiger partial charge in [-0.1, -0.05) is 19.3 Å². The number of rotatable bonds is 3. The molecular formula is C14H22N2O3S. The highest BCUT2D eigenvalue weighted by Gasteiger charge is 2.27. The van der Waals surface area contributed by atoms with E-state index in [-0.39, 0.29) is 4.90 Å². The zero-order valence-electron chi connectivity index (χ0n) is 11.8. The summed E-state index contributed by atoms with van der Waals surface area (Å²) in [4.78, 5) is 0.203. The van der Waals surface area contributed by atoms with Crippen molar-refractivity contribution in [3.05, 3.63) is 18.2 Å². The van der Waals surface area contributed by atoms with Crippen LogP contribution in [0.1, 0.15) is 32.1 Å². The fraction of sp³-hybridized carbons (Fsp3) is 0.571. The molecule has 5 nitrogen and oxygen atoms in total. The normalized spacial score (nSPS) is 18.2. The quantitative estimate of drug-likeness (QED) is 0.869. The Morgan fingerprint density at radius 1 is 1.10 bits per heavy atom. The van der Waals surface area contributed by atoms with E-state index in [4.69, 9.17) is 10.5 Å². The lowest BCUT2D eigenvalue weighted by Crippen LogP contribution is -2.34. The molecule has 112 valence electrons. The number of nitrogen functional groups attached to an aromatic ring is 1. The van der Waals surface area contributed by atoms with Crippen molar-refractivity contribution in [2.75, 3.05) is 25.9 Å². The maximum Gasteiger partial charge on any atom is 0.246 e. The number of benzene rings is 1. The van der Waals surface area contributed by atoms with Crippen LogP contribution in [0.2, 0.25) is 0 Å². The van der Waals surface area contributed by atoms with Gasteiger partial charge in [0.15, 0.2) is 0 Å². The zero-order chi connectivity index (χ0) is 14.6. The molecule has 0 aromatic heterocycles. The highest BCUT2D eigenvalue weighted by Crippen LogP contribution is 2.29. The summed E-state index contributed by atoms with van der Waals surface area (Å²) in [6.07, 6.45) is 5.20. The Hall–Kier alpha value is -1.27. The summed E-state index contributed by atoms with van der Waals surface area (Å²) >= 11 is 0. The molecule has 0 amide bonds. The first kappa shape index (κ1) is 15.1. The van der Waals surface area contributed by atoms with Gasteiger partial charge in [0.2, 0.25) is 10.0 Å². The van der Waals surface area contributed by atoms with Crippen molar-refractivity contribution in [1.82, 2.24) is 4.31 Å². The zero-order valence-corrected chi connectivity index (χ0v) is 12.7. The maximum atomic E-state index is 12.7. The van der Waals surface area contributed by atoms with Crippen LogP contribution in [0.25, 0.3) is 0 Å². The number of methoxy groups -OCH3 is 1. The van der Waals surface area contributed by atoms with Gasteiger partial charge in [-0.2, -0.15) is 4.31 Å². The highest BCUT2D eigenvalue weighted by molar-refractivity contribution is 7.89. The van der Waals surface area contributed by atoms with Crippen molar-refractivity contribution in [3.8, 4) is 5.75 Å². The van der Waals surface area contributed by atoms with Crippen molar-refractivity contribution >= 4 is 15.7 Å². The van der Waals surface area contributed by atoms with E-state index in [2.05, 4.69) is 0 Å². The van der Waals surface area contributed by atoms with Crippen LogP contribution in [-0.2, 0) is 10.0 Å². The smallest absolute Gasteiger partial charge is 0.246 e. The maximum absolute atomic E-state index is 12.7. The summed E-state index contributed by atoms with van der Waals surface area (Å²) in [6, 6.07) is 4.68. The number of nitrogens with zero attached hydrogens (tertiary/aromatic N) is 1. The molecule has 1 aliphatic heterocycles. The van der Waals surface area contributed by atoms with E-state index in [9.17, 15) is 8.42 Å². The molecule has 1 aliphatic rings. The molecule has 0 spiro atoms. The predicted molar refractivity (Wildman–Crippen MR) is 79.3 cm³/mol. The van der Waals surface area contributed by atoms with Crippen LogP contribution < -0.4 is 10.5 Å². The van der Waals surface area contributed by atoms with Gasteiger partial charge in [-0.15, -0.1) is 0 Å². The van der Waals surface area contributed by atoms with Crippen LogP contribution in [0, 0.1) is 0 Å². The second kappa shape index (κ2) is 6.45. The highest BCUT2D eigenvalue weighted by atomic mass is 32.2. The summed E-state index contributed by atoms with van der Waals surface area (Å²) in [5.74, 6) is 0.312. The first-order valence-corrected chi connectivity index (χ1v) is 8.43. The number of ether oxygens (including phenoxy) is 1. The van der Waals surface area contributed by atoms with Crippen LogP contribution in [0.5, 0.6) is 5.75 Å². The second-order valence-corrected chi connectivity index (χ2v) is 6.99. The SMILES string of the molecule is COc1cc(N)ccc1S(=O)(=O)N1CCCCCCC1. The molecule has 2 rings (SSSR count). The Bertz CT molecular complexity index is 550. The Morgan fingerprint density at radius 2 is 1.70 bits per heavy atom. The van der Waals surface area contributed by atoms with Crippen LogP contribution in [-0.4, -0.2) is 32.9 Å². The van der Waals surface area contributed by atoms with Crippen LogP contribution in [0.4, 0.5) is 5.69 Å². The van der Waals surface area contributed by atoms with Gasteiger partial charge in [0.1, 0.15) is 10.6 Å². The number of hydrogen-bond acceptors (Lipinski definition) is 4. The standard InChI is InChI=1S/C14H22N2O3S/c1-19-13-11-12(15)7-8-14(13)20(17,18)16-9-5-3-2-4-6-10-16/h7-8,11H,2-6,9-10,15H2,1H3. The number of sulfonamides is 1. The van der Waals surface area contributed by atoms with Gasteiger partial charge in [-0.25, -0.2) is 8.42 Å². The van der Waals surface area contributed by atoms with Gasteiger partial charge < -0.3 is 10.5 Å². The predicted octanol–water partition coefficient (Wildman–Crippen LogP) is 2.23. The Morgan fingerprint density at radius 3 is 2.30 bits per heavy atom. The molecule has 0 unspecified atom stereocenters. The van der Waals surface area contributed by atoms with Crippen LogP contribution in [0.3, 0.4) is 0 Å². The molecule has 20 heavy (non-hydrogen) atoms. The number of hydrogen-bond donors (Lipinski definition) is 1. The van der Waals surface area contributed by atoms with E-state index in [0.29, 0.717) is 24.5 Å². The topological polar surface area (TPSA) is 72.6 Å². The van der Waals surface area contributed by atoms with Gasteiger partial charge in [0, 0.05) is 24.8 Å². The van der Waals surface area contributed by atoms with Crippen LogP contribution >= 0.6 is 0 Å². The van der Waals surface area contributed by atoms with Crippen molar-refractivity contribution in [2.24, 2.45) is 0 Å². The molecular weight excluding hydrogens is 276 g/mol. The summed E-state index contributed by atoms with van der Waals surface area (Å²) in [5, 5.41) is 0. The molecule has 1 heterocycles. The van der Waals surface area contributed by atoms with Crippen molar-refractivity contribution < 1.29 is 13.2 Å². The van der Waals surface area contributed by atoms with Crippen molar-refractivity contribution in [3.63, 3.8) is 0 Å². The number of anilines is 1. The van der Waals surface area contributed by atoms with Crippen molar-refractivity contribution in [1.29, 1.82) is 0 Å². The molecule has 0 radical (unpaired) electrons. The lowest BCUT2D eigenvalue weighted by atomic mass is 10.1. The Balaban J connectivity index is 2.33. The van der Waals surface area contributed by atoms with Crippen LogP contribution in [0.15, 0.2) is 23.1 Å². The average Bonchev–Trinajstić information content (AvgIpc) is 2.37. The number of nitrogens with two attached hydrogens (primary N) is 1. The van der Waals surface area contributed by atoms with E-state index < -0.39 is 10.0 Å². The monoisotopic (exact) mass is 298 g/mol. The van der Waals surface area contributed by atoms with E-state index in [1.807, 2.05) is 0 Å². The molecule has 0 aliphatic carbocycles. The fourth-order valence-electron chi connectivity index (χ4n) is 2.50. The van der Waals surface area contributed by atoms with Gasteiger partial charge in [0.05, 0.1) is 7.11 Å². The molecule has 0 bridgehead atoms.